The number of imidazole rings is 1. The Morgan fingerprint density at radius 3 is 2.52 bits per heavy atom. The number of hydrogen-bond acceptors (Lipinski definition) is 4. The molecule has 1 aromatic heterocycles. The van der Waals surface area contributed by atoms with Crippen LogP contribution in [0.4, 0.5) is 0 Å². The number of benzene rings is 1. The number of nitrogens with one attached hydrogen (secondary N) is 1. The molecule has 1 fully saturated rings. The molecule has 112 valence electrons. The van der Waals surface area contributed by atoms with Crippen molar-refractivity contribution < 1.29 is 0 Å². The van der Waals surface area contributed by atoms with Gasteiger partial charge < -0.3 is 4.57 Å². The van der Waals surface area contributed by atoms with E-state index in [2.05, 4.69) is 75.8 Å². The van der Waals surface area contributed by atoms with Crippen molar-refractivity contribution >= 4 is 23.5 Å². The molecular formula is C16H21N3S2. The Morgan fingerprint density at radius 2 is 1.90 bits per heavy atom. The third-order valence-corrected chi connectivity index (χ3v) is 6.18. The van der Waals surface area contributed by atoms with Crippen molar-refractivity contribution in [1.82, 2.24) is 14.9 Å². The predicted molar refractivity (Wildman–Crippen MR) is 93.1 cm³/mol. The molecule has 0 amide bonds. The van der Waals surface area contributed by atoms with Crippen molar-refractivity contribution in [2.24, 2.45) is 7.05 Å². The van der Waals surface area contributed by atoms with Gasteiger partial charge in [-0.15, -0.1) is 0 Å². The molecule has 0 aliphatic carbocycles. The molecule has 2 heterocycles. The SMILES string of the molecule is Cn1ccnc1[C@H](NC1CSCCSC1)c1ccccc1. The molecule has 1 atom stereocenters. The lowest BCUT2D eigenvalue weighted by molar-refractivity contribution is 0.509. The molecule has 0 saturated carbocycles. The van der Waals surface area contributed by atoms with Crippen molar-refractivity contribution in [3.63, 3.8) is 0 Å². The lowest BCUT2D eigenvalue weighted by atomic mass is 10.1. The summed E-state index contributed by atoms with van der Waals surface area (Å²) in [5, 5.41) is 3.83. The predicted octanol–water partition coefficient (Wildman–Crippen LogP) is 2.95. The van der Waals surface area contributed by atoms with Gasteiger partial charge in [0.2, 0.25) is 0 Å². The van der Waals surface area contributed by atoms with E-state index in [4.69, 9.17) is 0 Å². The molecule has 0 spiro atoms. The van der Waals surface area contributed by atoms with Gasteiger partial charge in [0.15, 0.2) is 0 Å². The number of nitrogens with zero attached hydrogens (tertiary/aromatic N) is 2. The summed E-state index contributed by atoms with van der Waals surface area (Å²) in [7, 11) is 2.07. The summed E-state index contributed by atoms with van der Waals surface area (Å²) in [6.07, 6.45) is 3.90. The molecule has 0 radical (unpaired) electrons. The smallest absolute Gasteiger partial charge is 0.130 e. The van der Waals surface area contributed by atoms with Crippen molar-refractivity contribution in [3.8, 4) is 0 Å². The Morgan fingerprint density at radius 1 is 1.19 bits per heavy atom. The maximum atomic E-state index is 4.57. The molecule has 3 nitrogen and oxygen atoms in total. The summed E-state index contributed by atoms with van der Waals surface area (Å²) in [6, 6.07) is 11.3. The Balaban J connectivity index is 1.84. The first kappa shape index (κ1) is 15.0. The highest BCUT2D eigenvalue weighted by molar-refractivity contribution is 8.03. The van der Waals surface area contributed by atoms with E-state index in [1.54, 1.807) is 0 Å². The van der Waals surface area contributed by atoms with Crippen LogP contribution in [0.3, 0.4) is 0 Å². The van der Waals surface area contributed by atoms with Crippen LogP contribution in [0.5, 0.6) is 0 Å². The number of rotatable bonds is 4. The first-order valence-corrected chi connectivity index (χ1v) is 9.59. The topological polar surface area (TPSA) is 29.9 Å². The lowest BCUT2D eigenvalue weighted by Gasteiger charge is -2.24. The fourth-order valence-electron chi connectivity index (χ4n) is 2.57. The van der Waals surface area contributed by atoms with Gasteiger partial charge in [-0.1, -0.05) is 30.3 Å². The number of thioether (sulfide) groups is 2. The third kappa shape index (κ3) is 3.84. The van der Waals surface area contributed by atoms with E-state index < -0.39 is 0 Å². The molecule has 1 aliphatic heterocycles. The van der Waals surface area contributed by atoms with Crippen molar-refractivity contribution in [2.45, 2.75) is 12.1 Å². The molecule has 1 N–H and O–H groups in total. The van der Waals surface area contributed by atoms with E-state index in [9.17, 15) is 0 Å². The zero-order chi connectivity index (χ0) is 14.5. The van der Waals surface area contributed by atoms with Crippen molar-refractivity contribution in [1.29, 1.82) is 0 Å². The van der Waals surface area contributed by atoms with Crippen LogP contribution in [-0.4, -0.2) is 38.6 Å². The van der Waals surface area contributed by atoms with Gasteiger partial charge in [0, 0.05) is 48.5 Å². The summed E-state index contributed by atoms with van der Waals surface area (Å²) in [6.45, 7) is 0. The van der Waals surface area contributed by atoms with Gasteiger partial charge in [-0.25, -0.2) is 4.98 Å². The van der Waals surface area contributed by atoms with E-state index >= 15 is 0 Å². The van der Waals surface area contributed by atoms with Crippen LogP contribution in [0.1, 0.15) is 17.4 Å². The summed E-state index contributed by atoms with van der Waals surface area (Å²) in [5.41, 5.74) is 1.28. The molecule has 0 bridgehead atoms. The molecule has 1 aliphatic rings. The fraction of sp³-hybridized carbons (Fsp3) is 0.438. The lowest BCUT2D eigenvalue weighted by Crippen LogP contribution is -2.38. The highest BCUT2D eigenvalue weighted by Gasteiger charge is 2.22. The molecule has 1 aromatic carbocycles. The molecular weight excluding hydrogens is 298 g/mol. The highest BCUT2D eigenvalue weighted by atomic mass is 32.2. The van der Waals surface area contributed by atoms with Crippen LogP contribution in [0, 0.1) is 0 Å². The van der Waals surface area contributed by atoms with Gasteiger partial charge >= 0.3 is 0 Å². The fourth-order valence-corrected chi connectivity index (χ4v) is 4.99. The Bertz CT molecular complexity index is 548. The minimum absolute atomic E-state index is 0.162. The first-order chi connectivity index (χ1) is 10.3. The molecule has 2 aromatic rings. The summed E-state index contributed by atoms with van der Waals surface area (Å²) in [5.74, 6) is 5.98. The summed E-state index contributed by atoms with van der Waals surface area (Å²) in [4.78, 5) is 4.57. The van der Waals surface area contributed by atoms with E-state index in [1.165, 1.54) is 28.6 Å². The normalized spacial score (nSPS) is 18.3. The Hall–Kier alpha value is -0.910. The number of aryl methyl sites for hydroxylation is 1. The maximum absolute atomic E-state index is 4.57. The molecule has 21 heavy (non-hydrogen) atoms. The van der Waals surface area contributed by atoms with Gasteiger partial charge in [-0.3, -0.25) is 5.32 Å². The Kier molecular flexibility index (Phi) is 5.27. The van der Waals surface area contributed by atoms with Gasteiger partial charge in [-0.2, -0.15) is 23.5 Å². The Labute approximate surface area is 134 Å². The second-order valence-corrected chi connectivity index (χ2v) is 7.55. The van der Waals surface area contributed by atoms with Crippen LogP contribution in [0.2, 0.25) is 0 Å². The van der Waals surface area contributed by atoms with Gasteiger partial charge in [-0.05, 0) is 5.56 Å². The van der Waals surface area contributed by atoms with E-state index in [0.29, 0.717) is 6.04 Å². The third-order valence-electron chi connectivity index (χ3n) is 3.66. The number of aromatic nitrogens is 2. The quantitative estimate of drug-likeness (QED) is 0.938. The average molecular weight is 319 g/mol. The molecule has 1 saturated heterocycles. The van der Waals surface area contributed by atoms with E-state index in [1.807, 2.05) is 12.4 Å². The number of hydrogen-bond donors (Lipinski definition) is 1. The van der Waals surface area contributed by atoms with E-state index in [-0.39, 0.29) is 6.04 Å². The van der Waals surface area contributed by atoms with Gasteiger partial charge in [0.05, 0.1) is 6.04 Å². The molecule has 3 rings (SSSR count). The van der Waals surface area contributed by atoms with Crippen LogP contribution < -0.4 is 5.32 Å². The standard InChI is InChI=1S/C16H21N3S2/c1-19-8-7-17-16(19)15(13-5-3-2-4-6-13)18-14-11-20-9-10-21-12-14/h2-8,14-15,18H,9-12H2,1H3/t15-/m1/s1. The van der Waals surface area contributed by atoms with Gasteiger partial charge in [0.25, 0.3) is 0 Å². The van der Waals surface area contributed by atoms with Crippen LogP contribution in [0.25, 0.3) is 0 Å². The van der Waals surface area contributed by atoms with Crippen LogP contribution in [-0.2, 0) is 7.05 Å². The molecule has 0 unspecified atom stereocenters. The highest BCUT2D eigenvalue weighted by Crippen LogP contribution is 2.24. The zero-order valence-corrected chi connectivity index (χ0v) is 13.9. The second kappa shape index (κ2) is 7.38. The minimum atomic E-state index is 0.162. The van der Waals surface area contributed by atoms with Crippen molar-refractivity contribution in [3.05, 3.63) is 54.1 Å². The monoisotopic (exact) mass is 319 g/mol. The summed E-state index contributed by atoms with van der Waals surface area (Å²) < 4.78 is 2.11. The maximum Gasteiger partial charge on any atom is 0.130 e. The largest absolute Gasteiger partial charge is 0.336 e. The van der Waals surface area contributed by atoms with Gasteiger partial charge in [0.1, 0.15) is 5.82 Å². The molecule has 5 heteroatoms. The second-order valence-electron chi connectivity index (χ2n) is 5.25. The van der Waals surface area contributed by atoms with E-state index in [0.717, 1.165) is 5.82 Å². The minimum Gasteiger partial charge on any atom is -0.336 e. The van der Waals surface area contributed by atoms with Crippen LogP contribution in [0.15, 0.2) is 42.7 Å². The first-order valence-electron chi connectivity index (χ1n) is 7.28. The van der Waals surface area contributed by atoms with Crippen LogP contribution >= 0.6 is 23.5 Å². The zero-order valence-electron chi connectivity index (χ0n) is 12.2. The average Bonchev–Trinajstić information content (AvgIpc) is 2.78. The van der Waals surface area contributed by atoms with Crippen molar-refractivity contribution in [2.75, 3.05) is 23.0 Å². The summed E-state index contributed by atoms with van der Waals surface area (Å²) >= 11 is 4.10.